The van der Waals surface area contributed by atoms with Crippen LogP contribution in [-0.4, -0.2) is 33.9 Å². The van der Waals surface area contributed by atoms with Crippen molar-refractivity contribution in [2.75, 3.05) is 33.9 Å². The molecule has 6 heteroatoms. The molecule has 1 aromatic heterocycles. The van der Waals surface area contributed by atoms with Gasteiger partial charge in [0.05, 0.1) is 32.3 Å². The van der Waals surface area contributed by atoms with Crippen LogP contribution >= 0.6 is 0 Å². The molecule has 0 fully saturated rings. The van der Waals surface area contributed by atoms with Crippen LogP contribution in [0.25, 0.3) is 11.0 Å². The predicted octanol–water partition coefficient (Wildman–Crippen LogP) is 3.41. The maximum absolute atomic E-state index is 11.6. The molecule has 0 aliphatic carbocycles. The van der Waals surface area contributed by atoms with Crippen LogP contribution in [0.2, 0.25) is 0 Å². The van der Waals surface area contributed by atoms with E-state index in [1.54, 1.807) is 20.3 Å². The number of para-hydroxylation sites is 1. The molecule has 28 heavy (non-hydrogen) atoms. The fourth-order valence-corrected chi connectivity index (χ4v) is 2.97. The minimum atomic E-state index is -0.401. The number of ether oxygens (including phenoxy) is 3. The first-order chi connectivity index (χ1) is 13.7. The first-order valence-electron chi connectivity index (χ1n) is 9.28. The first kappa shape index (κ1) is 19.8. The average molecular weight is 383 g/mol. The Morgan fingerprint density at radius 1 is 0.929 bits per heavy atom. The highest BCUT2D eigenvalue weighted by molar-refractivity contribution is 5.82. The third-order valence-corrected chi connectivity index (χ3v) is 4.41. The minimum Gasteiger partial charge on any atom is -0.493 e. The van der Waals surface area contributed by atoms with E-state index < -0.39 is 5.63 Å². The molecule has 2 aromatic carbocycles. The molecular formula is C22H25NO5. The van der Waals surface area contributed by atoms with Crippen molar-refractivity contribution in [1.29, 1.82) is 0 Å². The average Bonchev–Trinajstić information content (AvgIpc) is 2.72. The fourth-order valence-electron chi connectivity index (χ4n) is 2.97. The molecule has 1 N–H and O–H groups in total. The Hall–Kier alpha value is -2.99. The lowest BCUT2D eigenvalue weighted by Crippen LogP contribution is -2.20. The van der Waals surface area contributed by atoms with Gasteiger partial charge >= 0.3 is 5.63 Å². The van der Waals surface area contributed by atoms with Crippen molar-refractivity contribution in [1.82, 2.24) is 5.32 Å². The monoisotopic (exact) mass is 383 g/mol. The predicted molar refractivity (Wildman–Crippen MR) is 109 cm³/mol. The van der Waals surface area contributed by atoms with E-state index in [-0.39, 0.29) is 0 Å². The zero-order valence-corrected chi connectivity index (χ0v) is 16.2. The molecule has 0 amide bonds. The fraction of sp³-hybridized carbons (Fsp3) is 0.318. The second-order valence-corrected chi connectivity index (χ2v) is 6.32. The summed E-state index contributed by atoms with van der Waals surface area (Å²) >= 11 is 0. The Labute approximate surface area is 164 Å². The lowest BCUT2D eigenvalue weighted by molar-refractivity contribution is 0.309. The topological polar surface area (TPSA) is 69.9 Å². The number of hydrogen-bond acceptors (Lipinski definition) is 6. The third kappa shape index (κ3) is 5.04. The Morgan fingerprint density at radius 2 is 1.75 bits per heavy atom. The van der Waals surface area contributed by atoms with E-state index in [2.05, 4.69) is 5.32 Å². The van der Waals surface area contributed by atoms with Gasteiger partial charge in [0, 0.05) is 0 Å². The van der Waals surface area contributed by atoms with E-state index >= 15 is 0 Å². The summed E-state index contributed by atoms with van der Waals surface area (Å²) in [6, 6.07) is 14.7. The summed E-state index contributed by atoms with van der Waals surface area (Å²) in [6.45, 7) is 2.21. The lowest BCUT2D eigenvalue weighted by Gasteiger charge is -2.10. The maximum Gasteiger partial charge on any atom is 0.339 e. The smallest absolute Gasteiger partial charge is 0.339 e. The van der Waals surface area contributed by atoms with Gasteiger partial charge in [0.15, 0.2) is 11.5 Å². The number of hydrogen-bond donors (Lipinski definition) is 1. The van der Waals surface area contributed by atoms with Gasteiger partial charge in [-0.1, -0.05) is 18.2 Å². The Bertz CT molecular complexity index is 967. The molecule has 0 bridgehead atoms. The SMILES string of the molecule is COc1ccc(CCNCCCOc2cc(=O)oc3ccccc23)cc1OC. The molecule has 0 saturated carbocycles. The maximum atomic E-state index is 11.6. The van der Waals surface area contributed by atoms with Crippen molar-refractivity contribution in [2.24, 2.45) is 0 Å². The molecule has 6 nitrogen and oxygen atoms in total. The Morgan fingerprint density at radius 3 is 2.57 bits per heavy atom. The number of nitrogens with one attached hydrogen (secondary N) is 1. The van der Waals surface area contributed by atoms with Crippen molar-refractivity contribution in [3.8, 4) is 17.2 Å². The Balaban J connectivity index is 1.41. The summed E-state index contributed by atoms with van der Waals surface area (Å²) in [7, 11) is 3.27. The van der Waals surface area contributed by atoms with Gasteiger partial charge < -0.3 is 23.9 Å². The van der Waals surface area contributed by atoms with Crippen molar-refractivity contribution < 1.29 is 18.6 Å². The van der Waals surface area contributed by atoms with Crippen LogP contribution in [0.1, 0.15) is 12.0 Å². The molecule has 0 atom stereocenters. The molecule has 1 heterocycles. The zero-order chi connectivity index (χ0) is 19.8. The Kier molecular flexibility index (Phi) is 6.92. The van der Waals surface area contributed by atoms with Gasteiger partial charge in [0.1, 0.15) is 11.3 Å². The van der Waals surface area contributed by atoms with Crippen LogP contribution in [0.5, 0.6) is 17.2 Å². The van der Waals surface area contributed by atoms with Crippen LogP contribution in [0.15, 0.2) is 57.7 Å². The summed E-state index contributed by atoms with van der Waals surface area (Å²) in [6.07, 6.45) is 1.73. The molecule has 0 unspecified atom stereocenters. The van der Waals surface area contributed by atoms with E-state index in [9.17, 15) is 4.79 Å². The number of benzene rings is 2. The van der Waals surface area contributed by atoms with Gasteiger partial charge in [-0.05, 0) is 55.8 Å². The quantitative estimate of drug-likeness (QED) is 0.427. The molecule has 0 saturated heterocycles. The standard InChI is InChI=1S/C22H25NO5/c1-25-19-9-8-16(14-21(19)26-2)10-12-23-11-5-13-27-20-15-22(24)28-18-7-4-3-6-17(18)20/h3-4,6-9,14-15,23H,5,10-13H2,1-2H3. The zero-order valence-electron chi connectivity index (χ0n) is 16.2. The number of rotatable bonds is 10. The number of methoxy groups -OCH3 is 2. The van der Waals surface area contributed by atoms with Gasteiger partial charge in [-0.15, -0.1) is 0 Å². The second kappa shape index (κ2) is 9.80. The van der Waals surface area contributed by atoms with E-state index in [1.807, 2.05) is 36.4 Å². The molecule has 0 aliphatic rings. The molecule has 3 aromatic rings. The van der Waals surface area contributed by atoms with Crippen LogP contribution in [0.4, 0.5) is 0 Å². The third-order valence-electron chi connectivity index (χ3n) is 4.41. The van der Waals surface area contributed by atoms with E-state index in [0.717, 1.165) is 42.8 Å². The van der Waals surface area contributed by atoms with Crippen molar-refractivity contribution in [3.05, 3.63) is 64.5 Å². The van der Waals surface area contributed by atoms with Crippen molar-refractivity contribution in [3.63, 3.8) is 0 Å². The molecule has 3 rings (SSSR count). The van der Waals surface area contributed by atoms with E-state index in [0.29, 0.717) is 17.9 Å². The van der Waals surface area contributed by atoms with Gasteiger partial charge in [-0.3, -0.25) is 0 Å². The van der Waals surface area contributed by atoms with Crippen molar-refractivity contribution in [2.45, 2.75) is 12.8 Å². The normalized spacial score (nSPS) is 10.8. The van der Waals surface area contributed by atoms with Crippen LogP contribution < -0.4 is 25.2 Å². The summed E-state index contributed by atoms with van der Waals surface area (Å²) in [5.74, 6) is 2.05. The largest absolute Gasteiger partial charge is 0.493 e. The summed E-state index contributed by atoms with van der Waals surface area (Å²) in [5, 5.41) is 4.21. The highest BCUT2D eigenvalue weighted by Crippen LogP contribution is 2.27. The molecule has 0 spiro atoms. The van der Waals surface area contributed by atoms with E-state index in [1.165, 1.54) is 11.6 Å². The summed E-state index contributed by atoms with van der Waals surface area (Å²) in [4.78, 5) is 11.6. The summed E-state index contributed by atoms with van der Waals surface area (Å²) in [5.41, 5.74) is 1.32. The van der Waals surface area contributed by atoms with Crippen molar-refractivity contribution >= 4 is 11.0 Å². The molecule has 0 aliphatic heterocycles. The molecule has 148 valence electrons. The molecular weight excluding hydrogens is 358 g/mol. The first-order valence-corrected chi connectivity index (χ1v) is 9.28. The molecule has 0 radical (unpaired) electrons. The van der Waals surface area contributed by atoms with Gasteiger partial charge in [0.2, 0.25) is 0 Å². The van der Waals surface area contributed by atoms with Crippen LogP contribution in [0, 0.1) is 0 Å². The minimum absolute atomic E-state index is 0.401. The lowest BCUT2D eigenvalue weighted by atomic mass is 10.1. The highest BCUT2D eigenvalue weighted by Gasteiger charge is 2.06. The van der Waals surface area contributed by atoms with Gasteiger partial charge in [-0.2, -0.15) is 0 Å². The number of fused-ring (bicyclic) bond motifs is 1. The van der Waals surface area contributed by atoms with Gasteiger partial charge in [0.25, 0.3) is 0 Å². The highest BCUT2D eigenvalue weighted by atomic mass is 16.5. The van der Waals surface area contributed by atoms with Gasteiger partial charge in [-0.25, -0.2) is 4.79 Å². The second-order valence-electron chi connectivity index (χ2n) is 6.32. The van der Waals surface area contributed by atoms with Crippen LogP contribution in [-0.2, 0) is 6.42 Å². The van der Waals surface area contributed by atoms with Crippen LogP contribution in [0.3, 0.4) is 0 Å². The van der Waals surface area contributed by atoms with E-state index in [4.69, 9.17) is 18.6 Å². The summed E-state index contributed by atoms with van der Waals surface area (Å²) < 4.78 is 21.5.